The molecule has 0 radical (unpaired) electrons. The average Bonchev–Trinajstić information content (AvgIpc) is 1.62. The summed E-state index contributed by atoms with van der Waals surface area (Å²) in [6, 6.07) is 11.0. The monoisotopic (exact) mass is 1690 g/mol. The molecule has 2 aromatic carbocycles. The SMILES string of the molecule is CO[C@H]1CC2CCCC(O2)C(=O)C(=O)N2CCCC[C@H]2C(=O)O[C@H](CC[C@H]2CC[C@H](OC(=O)NCc3cnc(N4CCN(C(=O)CCOCCN5CCN(C(=O)CCC(=O)N6CCc7cc(Cn8nc(-c9ccc%10oc(N)nc%10c9)c9c(N)ncnc98)ccc7C6)CC5)CC4)nc3)CC2)CC[C@H](C)/C=C(\C)[C@@H](O)CC(=O)[C@H](C)C[C@H](C)/C=C/C=C/C=C/1C. The fraction of sp³-hybridized carbons (Fsp3) is 0.587. The smallest absolute Gasteiger partial charge is 0.407 e. The van der Waals surface area contributed by atoms with E-state index in [2.05, 4.69) is 67.2 Å². The molecule has 2 unspecified atom stereocenters. The van der Waals surface area contributed by atoms with Gasteiger partial charge in [0, 0.05) is 147 Å². The largest absolute Gasteiger partial charge is 0.461 e. The number of aliphatic hydroxyl groups is 1. The number of nitrogen functional groups attached to an aromatic ring is 2. The van der Waals surface area contributed by atoms with Gasteiger partial charge in [-0.2, -0.15) is 10.1 Å². The van der Waals surface area contributed by atoms with Gasteiger partial charge in [0.1, 0.15) is 53.5 Å². The number of ketones is 2. The molecule has 123 heavy (non-hydrogen) atoms. The Morgan fingerprint density at radius 3 is 2.23 bits per heavy atom. The number of aliphatic hydroxyl groups excluding tert-OH is 1. The van der Waals surface area contributed by atoms with Crippen molar-refractivity contribution in [2.75, 3.05) is 109 Å². The van der Waals surface area contributed by atoms with Gasteiger partial charge < -0.3 is 74.5 Å². The first-order valence-electron chi connectivity index (χ1n) is 44.5. The van der Waals surface area contributed by atoms with Crippen molar-refractivity contribution in [3.63, 3.8) is 0 Å². The number of benzene rings is 2. The Morgan fingerprint density at radius 1 is 0.699 bits per heavy atom. The normalized spacial score (nSPS) is 26.4. The summed E-state index contributed by atoms with van der Waals surface area (Å²) in [5.74, 6) is -0.897. The van der Waals surface area contributed by atoms with Crippen LogP contribution in [0.1, 0.15) is 185 Å². The number of rotatable bonds is 20. The fourth-order valence-corrected chi connectivity index (χ4v) is 18.2. The van der Waals surface area contributed by atoms with Crippen LogP contribution in [0.2, 0.25) is 0 Å². The third-order valence-corrected chi connectivity index (χ3v) is 25.6. The molecule has 1 aliphatic carbocycles. The quantitative estimate of drug-likeness (QED) is 0.0239. The molecule has 6 aliphatic heterocycles. The molecule has 4 aromatic heterocycles. The minimum atomic E-state index is -0.930. The molecule has 13 rings (SSSR count). The Hall–Kier alpha value is -10.3. The van der Waals surface area contributed by atoms with Gasteiger partial charge in [-0.3, -0.25) is 33.7 Å². The van der Waals surface area contributed by atoms with Crippen LogP contribution in [-0.4, -0.2) is 247 Å². The molecule has 6 N–H and O–H groups in total. The van der Waals surface area contributed by atoms with Crippen molar-refractivity contribution in [3.8, 4) is 11.3 Å². The highest BCUT2D eigenvalue weighted by Gasteiger charge is 2.42. The molecule has 2 bridgehead atoms. The number of fused-ring (bicyclic) bond motifs is 6. The molecule has 662 valence electrons. The zero-order valence-electron chi connectivity index (χ0n) is 72.3. The van der Waals surface area contributed by atoms with Crippen LogP contribution in [-0.2, 0) is 83.3 Å². The van der Waals surface area contributed by atoms with Crippen LogP contribution < -0.4 is 21.7 Å². The molecule has 0 spiro atoms. The summed E-state index contributed by atoms with van der Waals surface area (Å²) in [4.78, 5) is 143. The summed E-state index contributed by atoms with van der Waals surface area (Å²) in [6.45, 7) is 17.9. The van der Waals surface area contributed by atoms with Gasteiger partial charge in [-0.15, -0.1) is 0 Å². The van der Waals surface area contributed by atoms with Gasteiger partial charge in [0.2, 0.25) is 29.5 Å². The number of hydrogen-bond donors (Lipinski definition) is 4. The van der Waals surface area contributed by atoms with Crippen molar-refractivity contribution >= 4 is 87.2 Å². The number of hydrogen-bond acceptors (Lipinski definition) is 25. The number of methoxy groups -OCH3 is 1. The highest BCUT2D eigenvalue weighted by atomic mass is 16.6. The van der Waals surface area contributed by atoms with Crippen molar-refractivity contribution in [1.82, 2.24) is 64.5 Å². The Balaban J connectivity index is 0.490. The number of carbonyl (C=O) groups is 8. The summed E-state index contributed by atoms with van der Waals surface area (Å²) in [6.07, 6.45) is 24.5. The number of Topliss-reactive ketones (excluding diaryl/α,β-unsaturated/α-hetero) is 2. The number of alkyl carbamates (subject to hydrolysis) is 1. The average molecular weight is 1690 g/mol. The van der Waals surface area contributed by atoms with E-state index >= 15 is 0 Å². The van der Waals surface area contributed by atoms with E-state index in [4.69, 9.17) is 44.7 Å². The number of nitrogens with zero attached hydrogens (tertiary/aromatic N) is 13. The van der Waals surface area contributed by atoms with E-state index in [1.165, 1.54) is 11.2 Å². The van der Waals surface area contributed by atoms with Crippen LogP contribution in [0.15, 0.2) is 107 Å². The summed E-state index contributed by atoms with van der Waals surface area (Å²) in [7, 11) is 1.65. The van der Waals surface area contributed by atoms with Crippen LogP contribution >= 0.6 is 0 Å². The molecular formula is C92H124N16O15. The number of allylic oxidation sites excluding steroid dienone is 6. The third kappa shape index (κ3) is 24.6. The summed E-state index contributed by atoms with van der Waals surface area (Å²) in [5.41, 5.74) is 21.0. The number of cyclic esters (lactones) is 1. The molecule has 10 heterocycles. The molecule has 31 heteroatoms. The first-order valence-corrected chi connectivity index (χ1v) is 44.5. The van der Waals surface area contributed by atoms with Crippen molar-refractivity contribution in [3.05, 3.63) is 125 Å². The number of nitrogens with one attached hydrogen (secondary N) is 1. The number of anilines is 3. The molecule has 5 amide bonds. The molecule has 9 atom stereocenters. The van der Waals surface area contributed by atoms with Gasteiger partial charge in [0.15, 0.2) is 11.2 Å². The fourth-order valence-electron chi connectivity index (χ4n) is 18.2. The lowest BCUT2D eigenvalue weighted by atomic mass is 9.83. The van der Waals surface area contributed by atoms with E-state index in [-0.39, 0.29) is 110 Å². The van der Waals surface area contributed by atoms with Crippen LogP contribution in [0, 0.1) is 23.7 Å². The number of oxazole rings is 1. The van der Waals surface area contributed by atoms with Gasteiger partial charge in [0.25, 0.3) is 11.9 Å². The number of esters is 1. The first kappa shape index (κ1) is 90.4. The first-order chi connectivity index (χ1) is 59.4. The van der Waals surface area contributed by atoms with Gasteiger partial charge in [-0.1, -0.05) is 75.4 Å². The van der Waals surface area contributed by atoms with Crippen molar-refractivity contribution in [2.24, 2.45) is 23.7 Å². The number of aromatic nitrogens is 7. The maximum atomic E-state index is 14.5. The standard InChI is InChI=1S/C92H124N16O15/c1-59-13-8-7-9-14-61(3)79(118-6)51-72-15-12-17-78(120-72)85(114)88(115)107-34-11-10-16-74(107)89(116)121-70(25-18-60(2)48-63(5)76(110)52-75(109)62(4)47-59)26-20-64-21-27-71(28-22-64)122-92(117)97-55-66-53-95-91(96-54-66)105-42-40-104(41-43-105)82(113)33-45-119-46-44-102-36-38-103(39-37-102)80(111)30-31-81(112)106-35-32-67-49-65(19-23-69(67)57-106)56-108-87-83(86(93)98-58-99-87)84(101-108)68-24-29-77-73(50-68)100-90(94)123-77/h7-9,13-14,19,23-24,29,48-50,53-54,58-60,62,64,70-72,74,76,78-79,110H,10-12,15-18,20-22,25-28,30-47,51-52,55-57H2,1-6H3,(H2,94,100)(H,97,117)(H2,93,98,99)/b9-7+,13-8+,61-14+,63-48+/t59-,60+,62-,64-,70+,71-,72?,74+,76+,78?,79+/m1/s1. The van der Waals surface area contributed by atoms with Crippen LogP contribution in [0.5, 0.6) is 0 Å². The summed E-state index contributed by atoms with van der Waals surface area (Å²) < 4.78 is 37.9. The molecule has 5 fully saturated rings. The predicted octanol–water partition coefficient (Wildman–Crippen LogP) is 10.4. The number of ether oxygens (including phenoxy) is 5. The molecule has 1 saturated carbocycles. The topological polar surface area (TPSA) is 382 Å². The molecule has 7 aliphatic rings. The Kier molecular flexibility index (Phi) is 31.8. The zero-order chi connectivity index (χ0) is 86.6. The molecular weight excluding hydrogens is 1570 g/mol. The van der Waals surface area contributed by atoms with Gasteiger partial charge in [-0.05, 0) is 180 Å². The predicted molar refractivity (Wildman–Crippen MR) is 464 cm³/mol. The van der Waals surface area contributed by atoms with Gasteiger partial charge >= 0.3 is 12.1 Å². The van der Waals surface area contributed by atoms with Crippen molar-refractivity contribution in [2.45, 2.75) is 232 Å². The molecule has 31 nitrogen and oxygen atoms in total. The minimum absolute atomic E-state index is 0.00621. The third-order valence-electron chi connectivity index (χ3n) is 25.6. The molecule has 4 saturated heterocycles. The van der Waals surface area contributed by atoms with Crippen LogP contribution in [0.3, 0.4) is 0 Å². The lowest BCUT2D eigenvalue weighted by molar-refractivity contribution is -0.167. The number of piperidine rings is 1. The van der Waals surface area contributed by atoms with E-state index in [1.807, 2.05) is 93.6 Å². The van der Waals surface area contributed by atoms with Crippen molar-refractivity contribution in [1.29, 1.82) is 0 Å². The number of amides is 5. The van der Waals surface area contributed by atoms with E-state index < -0.39 is 48.1 Å². The molecule has 6 aromatic rings. The maximum absolute atomic E-state index is 14.5. The van der Waals surface area contributed by atoms with E-state index in [9.17, 15) is 43.5 Å². The van der Waals surface area contributed by atoms with Crippen LogP contribution in [0.4, 0.5) is 22.6 Å². The van der Waals surface area contributed by atoms with Gasteiger partial charge in [-0.25, -0.2) is 34.2 Å². The highest BCUT2D eigenvalue weighted by Crippen LogP contribution is 2.37. The summed E-state index contributed by atoms with van der Waals surface area (Å²) in [5, 5.41) is 19.7. The second kappa shape index (κ2) is 43.3. The highest BCUT2D eigenvalue weighted by molar-refractivity contribution is 6.38. The van der Waals surface area contributed by atoms with E-state index in [0.717, 1.165) is 53.5 Å². The van der Waals surface area contributed by atoms with Gasteiger partial charge in [0.05, 0.1) is 49.9 Å². The minimum Gasteiger partial charge on any atom is -0.461 e. The second-order valence-electron chi connectivity index (χ2n) is 34.7. The zero-order valence-corrected chi connectivity index (χ0v) is 72.3. The second-order valence-corrected chi connectivity index (χ2v) is 34.7. The van der Waals surface area contributed by atoms with E-state index in [0.29, 0.717) is 226 Å². The number of nitrogens with two attached hydrogens (primary N) is 2. The van der Waals surface area contributed by atoms with E-state index in [1.54, 1.807) is 25.6 Å². The lowest BCUT2D eigenvalue weighted by Crippen LogP contribution is -2.54. The maximum Gasteiger partial charge on any atom is 0.407 e. The number of piperazine rings is 2. The Bertz CT molecular complexity index is 4790. The summed E-state index contributed by atoms with van der Waals surface area (Å²) >= 11 is 0. The number of carbonyl (C=O) groups excluding carboxylic acids is 8. The Labute approximate surface area is 720 Å². The lowest BCUT2D eigenvalue weighted by Gasteiger charge is -2.36. The van der Waals surface area contributed by atoms with Crippen LogP contribution in [0.25, 0.3) is 33.4 Å². The van der Waals surface area contributed by atoms with Crippen molar-refractivity contribution < 1.29 is 71.6 Å². The Morgan fingerprint density at radius 2 is 1.46 bits per heavy atom.